The molecule has 19 heteroatoms. The number of benzene rings is 4. The molecule has 0 bridgehead atoms. The number of hydrogen-bond donors (Lipinski definition) is 1. The van der Waals surface area contributed by atoms with Crippen LogP contribution in [0.25, 0.3) is 0 Å². The molecule has 0 atom stereocenters. The standard InChI is InChI=1S/C33H19F18N/c34-28(35,36)21-6-16(7-22(12-21)29(37,38)39)1-15-2-19(4-17-8-23(30(40,41)42)13-24(9-17)31(43,44)45)27(52)20(3-15)5-18-10-25(32(46,47)48)14-26(11-18)33(49,50)51/h2-3,6-14H,1,4-5,52H2. The number of hydrogen-bond acceptors (Lipinski definition) is 1. The average molecular weight is 771 g/mol. The van der Waals surface area contributed by atoms with E-state index in [0.717, 1.165) is 12.1 Å². The first-order chi connectivity index (χ1) is 23.4. The number of halogens is 18. The van der Waals surface area contributed by atoms with E-state index in [1.54, 1.807) is 0 Å². The summed E-state index contributed by atoms with van der Waals surface area (Å²) in [6, 6.07) is 3.07. The van der Waals surface area contributed by atoms with Gasteiger partial charge in [0.1, 0.15) is 0 Å². The molecule has 4 rings (SSSR count). The van der Waals surface area contributed by atoms with Crippen molar-refractivity contribution < 1.29 is 79.0 Å². The number of nitrogens with two attached hydrogens (primary N) is 1. The first-order valence-corrected chi connectivity index (χ1v) is 14.2. The highest BCUT2D eigenvalue weighted by atomic mass is 19.4. The minimum atomic E-state index is -5.31. The van der Waals surface area contributed by atoms with Crippen molar-refractivity contribution in [1.82, 2.24) is 0 Å². The van der Waals surface area contributed by atoms with E-state index in [1.165, 1.54) is 0 Å². The predicted molar refractivity (Wildman–Crippen MR) is 149 cm³/mol. The van der Waals surface area contributed by atoms with Crippen LogP contribution in [0.5, 0.6) is 0 Å². The number of alkyl halides is 18. The Balaban J connectivity index is 1.94. The summed E-state index contributed by atoms with van der Waals surface area (Å²) >= 11 is 0. The quantitative estimate of drug-likeness (QED) is 0.153. The number of anilines is 1. The van der Waals surface area contributed by atoms with E-state index in [-0.39, 0.29) is 23.8 Å². The van der Waals surface area contributed by atoms with E-state index in [0.29, 0.717) is 36.4 Å². The Kier molecular flexibility index (Phi) is 10.4. The lowest BCUT2D eigenvalue weighted by atomic mass is 9.90. The highest BCUT2D eigenvalue weighted by molar-refractivity contribution is 5.59. The molecule has 4 aromatic carbocycles. The van der Waals surface area contributed by atoms with E-state index >= 15 is 0 Å². The van der Waals surface area contributed by atoms with Gasteiger partial charge >= 0.3 is 37.1 Å². The third-order valence-corrected chi connectivity index (χ3v) is 7.55. The molecule has 0 radical (unpaired) electrons. The summed E-state index contributed by atoms with van der Waals surface area (Å²) < 4.78 is 243. The molecule has 0 amide bonds. The van der Waals surface area contributed by atoms with Crippen LogP contribution in [-0.4, -0.2) is 0 Å². The minimum Gasteiger partial charge on any atom is -0.398 e. The van der Waals surface area contributed by atoms with E-state index < -0.39 is 123 Å². The lowest BCUT2D eigenvalue weighted by Gasteiger charge is -2.19. The van der Waals surface area contributed by atoms with E-state index in [9.17, 15) is 79.0 Å². The Morgan fingerprint density at radius 3 is 0.692 bits per heavy atom. The van der Waals surface area contributed by atoms with E-state index in [4.69, 9.17) is 5.73 Å². The van der Waals surface area contributed by atoms with Gasteiger partial charge in [0, 0.05) is 5.69 Å². The summed E-state index contributed by atoms with van der Waals surface area (Å²) in [7, 11) is 0. The molecule has 52 heavy (non-hydrogen) atoms. The molecule has 0 fully saturated rings. The molecular weight excluding hydrogens is 752 g/mol. The summed E-state index contributed by atoms with van der Waals surface area (Å²) in [5.74, 6) is 0. The van der Waals surface area contributed by atoms with Gasteiger partial charge in [-0.15, -0.1) is 0 Å². The topological polar surface area (TPSA) is 26.0 Å². The zero-order valence-corrected chi connectivity index (χ0v) is 25.4. The normalized spacial score (nSPS) is 13.5. The van der Waals surface area contributed by atoms with Crippen LogP contribution in [0.4, 0.5) is 84.7 Å². The van der Waals surface area contributed by atoms with Crippen LogP contribution >= 0.6 is 0 Å². The smallest absolute Gasteiger partial charge is 0.398 e. The monoisotopic (exact) mass is 771 g/mol. The van der Waals surface area contributed by atoms with Gasteiger partial charge in [-0.2, -0.15) is 79.0 Å². The van der Waals surface area contributed by atoms with Gasteiger partial charge in [-0.25, -0.2) is 0 Å². The molecule has 0 aliphatic carbocycles. The Bertz CT molecular complexity index is 1740. The molecular formula is C33H19F18N. The van der Waals surface area contributed by atoms with Gasteiger partial charge < -0.3 is 5.73 Å². The first kappa shape index (κ1) is 40.2. The van der Waals surface area contributed by atoms with E-state index in [1.807, 2.05) is 0 Å². The van der Waals surface area contributed by atoms with Gasteiger partial charge in [-0.3, -0.25) is 0 Å². The molecule has 2 N–H and O–H groups in total. The average Bonchev–Trinajstić information content (AvgIpc) is 2.96. The second-order valence-electron chi connectivity index (χ2n) is 11.6. The third kappa shape index (κ3) is 9.84. The molecule has 0 aliphatic rings. The lowest BCUT2D eigenvalue weighted by Crippen LogP contribution is -2.13. The van der Waals surface area contributed by atoms with Crippen LogP contribution in [-0.2, 0) is 56.3 Å². The molecule has 0 saturated carbocycles. The van der Waals surface area contributed by atoms with Crippen molar-refractivity contribution in [2.75, 3.05) is 5.73 Å². The van der Waals surface area contributed by atoms with Crippen molar-refractivity contribution in [1.29, 1.82) is 0 Å². The van der Waals surface area contributed by atoms with Gasteiger partial charge in [0.25, 0.3) is 0 Å². The second-order valence-corrected chi connectivity index (χ2v) is 11.6. The first-order valence-electron chi connectivity index (χ1n) is 14.2. The number of nitrogen functional groups attached to an aromatic ring is 1. The highest BCUT2D eigenvalue weighted by Gasteiger charge is 2.39. The van der Waals surface area contributed by atoms with Crippen molar-refractivity contribution >= 4 is 5.69 Å². The van der Waals surface area contributed by atoms with Crippen molar-refractivity contribution in [3.8, 4) is 0 Å². The fourth-order valence-corrected chi connectivity index (χ4v) is 5.29. The molecule has 0 aromatic heterocycles. The van der Waals surface area contributed by atoms with Crippen molar-refractivity contribution in [3.63, 3.8) is 0 Å². The van der Waals surface area contributed by atoms with E-state index in [2.05, 4.69) is 0 Å². The van der Waals surface area contributed by atoms with Gasteiger partial charge in [0.2, 0.25) is 0 Å². The van der Waals surface area contributed by atoms with Gasteiger partial charge in [-0.05, 0) is 107 Å². The maximum atomic E-state index is 13.5. The zero-order valence-electron chi connectivity index (χ0n) is 25.4. The van der Waals surface area contributed by atoms with Gasteiger partial charge in [-0.1, -0.05) is 12.1 Å². The SMILES string of the molecule is Nc1c(Cc2cc(C(F)(F)F)cc(C(F)(F)F)c2)cc(Cc2cc(C(F)(F)F)cc(C(F)(F)F)c2)cc1Cc1cc(C(F)(F)F)cc(C(F)(F)F)c1. The Labute approximate surface area is 280 Å². The molecule has 0 heterocycles. The van der Waals surface area contributed by atoms with Crippen LogP contribution < -0.4 is 5.73 Å². The van der Waals surface area contributed by atoms with Crippen LogP contribution in [0.1, 0.15) is 66.8 Å². The number of rotatable bonds is 6. The van der Waals surface area contributed by atoms with Crippen LogP contribution in [0.15, 0.2) is 66.7 Å². The molecule has 1 nitrogen and oxygen atoms in total. The lowest BCUT2D eigenvalue weighted by molar-refractivity contribution is -0.144. The molecule has 0 unspecified atom stereocenters. The summed E-state index contributed by atoms with van der Waals surface area (Å²) in [6.45, 7) is 0. The van der Waals surface area contributed by atoms with Crippen molar-refractivity contribution in [2.24, 2.45) is 0 Å². The molecule has 0 saturated heterocycles. The summed E-state index contributed by atoms with van der Waals surface area (Å²) in [6.07, 6.45) is -34.5. The Hall–Kier alpha value is -4.58. The maximum Gasteiger partial charge on any atom is 0.416 e. The molecule has 0 spiro atoms. The summed E-state index contributed by atoms with van der Waals surface area (Å²) in [5, 5.41) is 0. The predicted octanol–water partition coefficient (Wildman–Crippen LogP) is 12.2. The van der Waals surface area contributed by atoms with Crippen molar-refractivity contribution in [2.45, 2.75) is 56.3 Å². The largest absolute Gasteiger partial charge is 0.416 e. The van der Waals surface area contributed by atoms with Crippen LogP contribution in [0.3, 0.4) is 0 Å². The highest BCUT2D eigenvalue weighted by Crippen LogP contribution is 2.41. The zero-order chi connectivity index (χ0) is 39.4. The fourth-order valence-electron chi connectivity index (χ4n) is 5.29. The Morgan fingerprint density at radius 1 is 0.288 bits per heavy atom. The summed E-state index contributed by atoms with van der Waals surface area (Å²) in [4.78, 5) is 0. The second kappa shape index (κ2) is 13.4. The van der Waals surface area contributed by atoms with Gasteiger partial charge in [0.05, 0.1) is 33.4 Å². The molecule has 282 valence electrons. The maximum absolute atomic E-state index is 13.5. The van der Waals surface area contributed by atoms with Crippen molar-refractivity contribution in [3.05, 3.63) is 133 Å². The Morgan fingerprint density at radius 2 is 0.481 bits per heavy atom. The minimum absolute atomic E-state index is 0.193. The van der Waals surface area contributed by atoms with Crippen LogP contribution in [0, 0.1) is 0 Å². The van der Waals surface area contributed by atoms with Crippen LogP contribution in [0.2, 0.25) is 0 Å². The summed E-state index contributed by atoms with van der Waals surface area (Å²) in [5.41, 5.74) is -8.15. The third-order valence-electron chi connectivity index (χ3n) is 7.55. The molecule has 0 aliphatic heterocycles. The fraction of sp³-hybridized carbons (Fsp3) is 0.273. The van der Waals surface area contributed by atoms with Gasteiger partial charge in [0.15, 0.2) is 0 Å². The molecule has 4 aromatic rings.